The Morgan fingerprint density at radius 1 is 1.14 bits per heavy atom. The van der Waals surface area contributed by atoms with Gasteiger partial charge in [-0.3, -0.25) is 4.79 Å². The van der Waals surface area contributed by atoms with Crippen molar-refractivity contribution in [1.29, 1.82) is 0 Å². The van der Waals surface area contributed by atoms with Crippen molar-refractivity contribution in [3.05, 3.63) is 53.1 Å². The van der Waals surface area contributed by atoms with E-state index in [0.717, 1.165) is 4.31 Å². The number of sulfonamides is 1. The first-order chi connectivity index (χ1) is 13.4. The van der Waals surface area contributed by atoms with E-state index < -0.39 is 15.9 Å². The van der Waals surface area contributed by atoms with E-state index in [9.17, 15) is 13.2 Å². The van der Waals surface area contributed by atoms with Crippen LogP contribution in [0.25, 0.3) is 0 Å². The molecule has 1 amide bonds. The molecule has 0 fully saturated rings. The summed E-state index contributed by atoms with van der Waals surface area (Å²) in [6, 6.07) is 11.4. The molecule has 0 aromatic heterocycles. The molecule has 3 rings (SSSR count). The van der Waals surface area contributed by atoms with Crippen LogP contribution < -0.4 is 14.8 Å². The molecule has 150 valence electrons. The average Bonchev–Trinajstić information content (AvgIpc) is 2.69. The smallest absolute Gasteiger partial charge is 0.243 e. The third-order valence-electron chi connectivity index (χ3n) is 4.15. The molecule has 1 heterocycles. The minimum Gasteiger partial charge on any atom is -0.486 e. The Labute approximate surface area is 169 Å². The second-order valence-corrected chi connectivity index (χ2v) is 8.47. The number of rotatable bonds is 7. The van der Waals surface area contributed by atoms with Crippen molar-refractivity contribution in [2.75, 3.05) is 26.3 Å². The zero-order valence-electron chi connectivity index (χ0n) is 15.4. The molecule has 0 saturated carbocycles. The Bertz CT molecular complexity index is 965. The summed E-state index contributed by atoms with van der Waals surface area (Å²) < 4.78 is 38.6. The van der Waals surface area contributed by atoms with E-state index in [2.05, 4.69) is 5.32 Å². The molecule has 2 aromatic carbocycles. The fourth-order valence-corrected chi connectivity index (χ4v) is 4.37. The Hall–Kier alpha value is -2.29. The van der Waals surface area contributed by atoms with Crippen LogP contribution in [0.5, 0.6) is 11.5 Å². The van der Waals surface area contributed by atoms with E-state index in [4.69, 9.17) is 21.1 Å². The van der Waals surface area contributed by atoms with Crippen molar-refractivity contribution in [1.82, 2.24) is 9.62 Å². The number of nitrogens with zero attached hydrogens (tertiary/aromatic N) is 1. The molecular weight excluding hydrogens is 404 g/mol. The van der Waals surface area contributed by atoms with Crippen LogP contribution in [0.15, 0.2) is 47.4 Å². The highest BCUT2D eigenvalue weighted by atomic mass is 35.5. The third kappa shape index (κ3) is 4.57. The summed E-state index contributed by atoms with van der Waals surface area (Å²) in [5.41, 5.74) is 0.606. The molecule has 0 unspecified atom stereocenters. The van der Waals surface area contributed by atoms with Crippen LogP contribution in [-0.4, -0.2) is 44.9 Å². The summed E-state index contributed by atoms with van der Waals surface area (Å²) in [5.74, 6) is 0.463. The largest absolute Gasteiger partial charge is 0.486 e. The van der Waals surface area contributed by atoms with Gasteiger partial charge >= 0.3 is 0 Å². The highest BCUT2D eigenvalue weighted by molar-refractivity contribution is 7.89. The SMILES string of the molecule is CCNC(=O)CN(Cc1ccccc1Cl)S(=O)(=O)c1ccc2c(c1)OCCO2. The minimum atomic E-state index is -3.98. The molecule has 1 aliphatic rings. The summed E-state index contributed by atoms with van der Waals surface area (Å²) in [4.78, 5) is 12.2. The number of hydrogen-bond donors (Lipinski definition) is 1. The second kappa shape index (κ2) is 8.81. The fourth-order valence-electron chi connectivity index (χ4n) is 2.79. The van der Waals surface area contributed by atoms with E-state index in [1.165, 1.54) is 12.1 Å². The summed E-state index contributed by atoms with van der Waals surface area (Å²) in [5, 5.41) is 3.06. The van der Waals surface area contributed by atoms with Gasteiger partial charge in [0.1, 0.15) is 13.2 Å². The predicted molar refractivity (Wildman–Crippen MR) is 105 cm³/mol. The number of ether oxygens (including phenoxy) is 2. The molecule has 1 aliphatic heterocycles. The van der Waals surface area contributed by atoms with Gasteiger partial charge in [0.25, 0.3) is 0 Å². The van der Waals surface area contributed by atoms with Crippen LogP contribution in [0.3, 0.4) is 0 Å². The van der Waals surface area contributed by atoms with Crippen molar-refractivity contribution < 1.29 is 22.7 Å². The van der Waals surface area contributed by atoms with Gasteiger partial charge in [-0.2, -0.15) is 4.31 Å². The van der Waals surface area contributed by atoms with Crippen LogP contribution in [0.4, 0.5) is 0 Å². The van der Waals surface area contributed by atoms with Gasteiger partial charge in [-0.1, -0.05) is 29.8 Å². The lowest BCUT2D eigenvalue weighted by Crippen LogP contribution is -2.40. The number of fused-ring (bicyclic) bond motifs is 1. The molecule has 0 saturated heterocycles. The van der Waals surface area contributed by atoms with Crippen molar-refractivity contribution >= 4 is 27.5 Å². The maximum absolute atomic E-state index is 13.3. The van der Waals surface area contributed by atoms with Crippen LogP contribution in [-0.2, 0) is 21.4 Å². The maximum Gasteiger partial charge on any atom is 0.243 e. The number of benzene rings is 2. The van der Waals surface area contributed by atoms with Gasteiger partial charge in [0.2, 0.25) is 15.9 Å². The Morgan fingerprint density at radius 2 is 1.86 bits per heavy atom. The highest BCUT2D eigenvalue weighted by Gasteiger charge is 2.29. The minimum absolute atomic E-state index is 0.0214. The second-order valence-electron chi connectivity index (χ2n) is 6.12. The number of hydrogen-bond acceptors (Lipinski definition) is 5. The highest BCUT2D eigenvalue weighted by Crippen LogP contribution is 2.33. The molecular formula is C19H21ClN2O5S. The van der Waals surface area contributed by atoms with E-state index in [1.807, 2.05) is 0 Å². The molecule has 1 N–H and O–H groups in total. The summed E-state index contributed by atoms with van der Waals surface area (Å²) in [7, 11) is -3.98. The Kier molecular flexibility index (Phi) is 6.43. The molecule has 0 atom stereocenters. The van der Waals surface area contributed by atoms with Crippen LogP contribution in [0.2, 0.25) is 5.02 Å². The van der Waals surface area contributed by atoms with Crippen LogP contribution in [0, 0.1) is 0 Å². The first-order valence-corrected chi connectivity index (χ1v) is 10.6. The van der Waals surface area contributed by atoms with Crippen molar-refractivity contribution in [3.8, 4) is 11.5 Å². The van der Waals surface area contributed by atoms with E-state index in [0.29, 0.717) is 41.8 Å². The molecule has 28 heavy (non-hydrogen) atoms. The normalized spacial score (nSPS) is 13.4. The van der Waals surface area contributed by atoms with Gasteiger partial charge in [0.15, 0.2) is 11.5 Å². The van der Waals surface area contributed by atoms with E-state index in [-0.39, 0.29) is 18.0 Å². The topological polar surface area (TPSA) is 84.9 Å². The fraction of sp³-hybridized carbons (Fsp3) is 0.316. The number of likely N-dealkylation sites (N-methyl/N-ethyl adjacent to an activating group) is 1. The molecule has 0 bridgehead atoms. The molecule has 0 spiro atoms. The number of nitrogens with one attached hydrogen (secondary N) is 1. The number of carbonyl (C=O) groups is 1. The summed E-state index contributed by atoms with van der Waals surface area (Å²) in [6.45, 7) is 2.57. The first kappa shape index (κ1) is 20.4. The number of carbonyl (C=O) groups excluding carboxylic acids is 1. The predicted octanol–water partition coefficient (Wildman–Crippen LogP) is 2.44. The Morgan fingerprint density at radius 3 is 2.57 bits per heavy atom. The zero-order valence-corrected chi connectivity index (χ0v) is 16.9. The standard InChI is InChI=1S/C19H21ClN2O5S/c1-2-21-19(23)13-22(12-14-5-3-4-6-16(14)20)28(24,25)15-7-8-17-18(11-15)27-10-9-26-17/h3-8,11H,2,9-10,12-13H2,1H3,(H,21,23). The van der Waals surface area contributed by atoms with Gasteiger partial charge in [-0.15, -0.1) is 0 Å². The average molecular weight is 425 g/mol. The molecule has 0 aliphatic carbocycles. The van der Waals surface area contributed by atoms with Crippen molar-refractivity contribution in [2.24, 2.45) is 0 Å². The van der Waals surface area contributed by atoms with Crippen LogP contribution in [0.1, 0.15) is 12.5 Å². The quantitative estimate of drug-likeness (QED) is 0.737. The lowest BCUT2D eigenvalue weighted by atomic mass is 10.2. The molecule has 0 radical (unpaired) electrons. The van der Waals surface area contributed by atoms with Gasteiger partial charge in [0, 0.05) is 24.2 Å². The van der Waals surface area contributed by atoms with Crippen LogP contribution >= 0.6 is 11.6 Å². The van der Waals surface area contributed by atoms with Gasteiger partial charge in [-0.05, 0) is 30.7 Å². The molecule has 2 aromatic rings. The zero-order chi connectivity index (χ0) is 20.1. The van der Waals surface area contributed by atoms with Gasteiger partial charge in [0.05, 0.1) is 11.4 Å². The summed E-state index contributed by atoms with van der Waals surface area (Å²) >= 11 is 6.20. The lowest BCUT2D eigenvalue weighted by Gasteiger charge is -2.24. The van der Waals surface area contributed by atoms with Crippen molar-refractivity contribution in [3.63, 3.8) is 0 Å². The maximum atomic E-state index is 13.3. The number of halogens is 1. The Balaban J connectivity index is 1.95. The first-order valence-electron chi connectivity index (χ1n) is 8.81. The van der Waals surface area contributed by atoms with E-state index in [1.54, 1.807) is 37.3 Å². The summed E-state index contributed by atoms with van der Waals surface area (Å²) in [6.07, 6.45) is 0. The lowest BCUT2D eigenvalue weighted by molar-refractivity contribution is -0.121. The van der Waals surface area contributed by atoms with Gasteiger partial charge in [-0.25, -0.2) is 8.42 Å². The molecule has 7 nitrogen and oxygen atoms in total. The van der Waals surface area contributed by atoms with Gasteiger partial charge < -0.3 is 14.8 Å². The van der Waals surface area contributed by atoms with E-state index >= 15 is 0 Å². The number of amides is 1. The third-order valence-corrected chi connectivity index (χ3v) is 6.31. The molecule has 9 heteroatoms. The monoisotopic (exact) mass is 424 g/mol. The van der Waals surface area contributed by atoms with Crippen molar-refractivity contribution in [2.45, 2.75) is 18.4 Å².